The molecule has 4 nitrogen and oxygen atoms in total. The predicted octanol–water partition coefficient (Wildman–Crippen LogP) is 2.79. The predicted molar refractivity (Wildman–Crippen MR) is 79.7 cm³/mol. The van der Waals surface area contributed by atoms with Crippen molar-refractivity contribution in [2.24, 2.45) is 0 Å². The van der Waals surface area contributed by atoms with E-state index in [4.69, 9.17) is 0 Å². The van der Waals surface area contributed by atoms with E-state index in [2.05, 4.69) is 10.3 Å². The molecule has 0 bridgehead atoms. The highest BCUT2D eigenvalue weighted by molar-refractivity contribution is 7.15. The molecule has 5 heteroatoms. The van der Waals surface area contributed by atoms with Gasteiger partial charge in [-0.1, -0.05) is 0 Å². The summed E-state index contributed by atoms with van der Waals surface area (Å²) in [5.41, 5.74) is 4.01. The lowest BCUT2D eigenvalue weighted by atomic mass is 10.0. The lowest BCUT2D eigenvalue weighted by Crippen LogP contribution is -2.04. The number of anilines is 1. The molecule has 20 heavy (non-hydrogen) atoms. The van der Waals surface area contributed by atoms with Crippen LogP contribution in [0.3, 0.4) is 0 Å². The molecule has 0 saturated heterocycles. The standard InChI is InChI=1S/C15H13N3OS/c19-14(8-12-9-18-5-6-20-15(18)17-12)11-1-2-13-10(7-11)3-4-16-13/h1-2,5-7,9,16H,3-4,8H2. The van der Waals surface area contributed by atoms with E-state index < -0.39 is 0 Å². The van der Waals surface area contributed by atoms with E-state index in [9.17, 15) is 4.79 Å². The number of rotatable bonds is 3. The molecule has 0 aliphatic carbocycles. The lowest BCUT2D eigenvalue weighted by Gasteiger charge is -2.03. The van der Waals surface area contributed by atoms with Gasteiger partial charge >= 0.3 is 0 Å². The van der Waals surface area contributed by atoms with Crippen LogP contribution < -0.4 is 5.32 Å². The summed E-state index contributed by atoms with van der Waals surface area (Å²) in [5.74, 6) is 0.130. The number of hydrogen-bond donors (Lipinski definition) is 1. The minimum absolute atomic E-state index is 0.130. The highest BCUT2D eigenvalue weighted by atomic mass is 32.1. The molecule has 2 aromatic heterocycles. The number of ketones is 1. The summed E-state index contributed by atoms with van der Waals surface area (Å²) in [5, 5.41) is 5.29. The van der Waals surface area contributed by atoms with Gasteiger partial charge in [0.1, 0.15) is 0 Å². The number of thiazole rings is 1. The zero-order chi connectivity index (χ0) is 13.5. The minimum Gasteiger partial charge on any atom is -0.384 e. The van der Waals surface area contributed by atoms with Gasteiger partial charge in [0.15, 0.2) is 10.7 Å². The Hall–Kier alpha value is -2.14. The van der Waals surface area contributed by atoms with E-state index >= 15 is 0 Å². The fourth-order valence-corrected chi connectivity index (χ4v) is 3.33. The van der Waals surface area contributed by atoms with Gasteiger partial charge in [-0.3, -0.25) is 9.20 Å². The van der Waals surface area contributed by atoms with Crippen molar-refractivity contribution in [1.29, 1.82) is 0 Å². The Morgan fingerprint density at radius 1 is 1.45 bits per heavy atom. The number of Topliss-reactive ketones (excluding diaryl/α,β-unsaturated/α-hetero) is 1. The van der Waals surface area contributed by atoms with Crippen molar-refractivity contribution in [1.82, 2.24) is 9.38 Å². The van der Waals surface area contributed by atoms with Gasteiger partial charge in [0.2, 0.25) is 0 Å². The van der Waals surface area contributed by atoms with E-state index in [0.717, 1.165) is 34.9 Å². The third-order valence-corrected chi connectivity index (χ3v) is 4.39. The molecule has 1 aromatic carbocycles. The summed E-state index contributed by atoms with van der Waals surface area (Å²) >= 11 is 1.58. The molecule has 3 heterocycles. The maximum absolute atomic E-state index is 12.3. The van der Waals surface area contributed by atoms with Crippen molar-refractivity contribution in [3.05, 3.63) is 52.8 Å². The number of imidazole rings is 1. The summed E-state index contributed by atoms with van der Waals surface area (Å²) in [6.45, 7) is 0.963. The van der Waals surface area contributed by atoms with Gasteiger partial charge < -0.3 is 5.32 Å². The number of benzene rings is 1. The van der Waals surface area contributed by atoms with Crippen LogP contribution in [-0.4, -0.2) is 21.7 Å². The molecule has 0 saturated carbocycles. The van der Waals surface area contributed by atoms with E-state index in [1.54, 1.807) is 11.3 Å². The zero-order valence-corrected chi connectivity index (χ0v) is 11.6. The summed E-state index contributed by atoms with van der Waals surface area (Å²) in [6.07, 6.45) is 5.25. The topological polar surface area (TPSA) is 46.4 Å². The Labute approximate surface area is 120 Å². The fraction of sp³-hybridized carbons (Fsp3) is 0.200. The van der Waals surface area contributed by atoms with Gasteiger partial charge in [0.05, 0.1) is 12.1 Å². The fourth-order valence-electron chi connectivity index (χ4n) is 2.61. The second-order valence-corrected chi connectivity index (χ2v) is 5.85. The number of aromatic nitrogens is 2. The number of carbonyl (C=O) groups excluding carboxylic acids is 1. The van der Waals surface area contributed by atoms with Gasteiger partial charge in [-0.2, -0.15) is 0 Å². The Balaban J connectivity index is 1.59. The molecule has 4 rings (SSSR count). The van der Waals surface area contributed by atoms with Crippen LogP contribution in [-0.2, 0) is 12.8 Å². The van der Waals surface area contributed by atoms with Crippen LogP contribution in [0.5, 0.6) is 0 Å². The third-order valence-electron chi connectivity index (χ3n) is 3.62. The number of carbonyl (C=O) groups is 1. The lowest BCUT2D eigenvalue weighted by molar-refractivity contribution is 0.0992. The van der Waals surface area contributed by atoms with Crippen LogP contribution in [0.1, 0.15) is 21.6 Å². The average Bonchev–Trinajstić information content (AvgIpc) is 3.11. The minimum atomic E-state index is 0.130. The first kappa shape index (κ1) is 11.7. The SMILES string of the molecule is O=C(Cc1cn2ccsc2n1)c1ccc2c(c1)CCN2. The van der Waals surface area contributed by atoms with Crippen LogP contribution in [0.2, 0.25) is 0 Å². The molecule has 0 amide bonds. The highest BCUT2D eigenvalue weighted by Crippen LogP contribution is 2.23. The largest absolute Gasteiger partial charge is 0.384 e. The van der Waals surface area contributed by atoms with Crippen LogP contribution in [0.15, 0.2) is 36.0 Å². The Morgan fingerprint density at radius 3 is 3.30 bits per heavy atom. The zero-order valence-electron chi connectivity index (χ0n) is 10.8. The maximum atomic E-state index is 12.3. The summed E-state index contributed by atoms with van der Waals surface area (Å²) in [7, 11) is 0. The van der Waals surface area contributed by atoms with Crippen molar-refractivity contribution in [2.75, 3.05) is 11.9 Å². The van der Waals surface area contributed by atoms with Gasteiger partial charge in [-0.15, -0.1) is 11.3 Å². The second-order valence-electron chi connectivity index (χ2n) is 4.97. The van der Waals surface area contributed by atoms with E-state index in [1.165, 1.54) is 5.56 Å². The maximum Gasteiger partial charge on any atom is 0.193 e. The molecule has 0 spiro atoms. The quantitative estimate of drug-likeness (QED) is 0.752. The molecule has 3 aromatic rings. The van der Waals surface area contributed by atoms with Crippen LogP contribution in [0.25, 0.3) is 4.96 Å². The van der Waals surface area contributed by atoms with E-state index in [-0.39, 0.29) is 5.78 Å². The first-order chi connectivity index (χ1) is 9.79. The van der Waals surface area contributed by atoms with E-state index in [0.29, 0.717) is 6.42 Å². The highest BCUT2D eigenvalue weighted by Gasteiger charge is 2.15. The molecule has 1 aliphatic rings. The van der Waals surface area contributed by atoms with Gasteiger partial charge in [-0.05, 0) is 30.2 Å². The summed E-state index contributed by atoms with van der Waals surface area (Å²) in [4.78, 5) is 17.7. The van der Waals surface area contributed by atoms with Crippen molar-refractivity contribution in [3.8, 4) is 0 Å². The molecule has 0 fully saturated rings. The van der Waals surface area contributed by atoms with Crippen LogP contribution >= 0.6 is 11.3 Å². The first-order valence-electron chi connectivity index (χ1n) is 6.61. The van der Waals surface area contributed by atoms with Crippen molar-refractivity contribution < 1.29 is 4.79 Å². The van der Waals surface area contributed by atoms with Gasteiger partial charge in [-0.25, -0.2) is 4.98 Å². The van der Waals surface area contributed by atoms with E-state index in [1.807, 2.05) is 40.4 Å². The summed E-state index contributed by atoms with van der Waals surface area (Å²) < 4.78 is 1.96. The second kappa shape index (κ2) is 4.45. The number of fused-ring (bicyclic) bond motifs is 2. The van der Waals surface area contributed by atoms with Crippen LogP contribution in [0, 0.1) is 0 Å². The van der Waals surface area contributed by atoms with Gasteiger partial charge in [0.25, 0.3) is 0 Å². The van der Waals surface area contributed by atoms with Crippen LogP contribution in [0.4, 0.5) is 5.69 Å². The van der Waals surface area contributed by atoms with Gasteiger partial charge in [0, 0.05) is 35.6 Å². The number of nitrogens with zero attached hydrogens (tertiary/aromatic N) is 2. The Kier molecular flexibility index (Phi) is 2.60. The molecule has 100 valence electrons. The van der Waals surface area contributed by atoms with Crippen molar-refractivity contribution in [3.63, 3.8) is 0 Å². The number of hydrogen-bond acceptors (Lipinski definition) is 4. The molecule has 1 aliphatic heterocycles. The molecule has 0 radical (unpaired) electrons. The monoisotopic (exact) mass is 283 g/mol. The smallest absolute Gasteiger partial charge is 0.193 e. The van der Waals surface area contributed by atoms with Crippen molar-refractivity contribution >= 4 is 27.8 Å². The summed E-state index contributed by atoms with van der Waals surface area (Å²) in [6, 6.07) is 5.91. The Bertz CT molecular complexity index is 774. The first-order valence-corrected chi connectivity index (χ1v) is 7.49. The molecule has 1 N–H and O–H groups in total. The average molecular weight is 283 g/mol. The normalized spacial score (nSPS) is 13.4. The molecular weight excluding hydrogens is 270 g/mol. The van der Waals surface area contributed by atoms with Crippen molar-refractivity contribution in [2.45, 2.75) is 12.8 Å². The third kappa shape index (κ3) is 1.91. The molecule has 0 atom stereocenters. The molecular formula is C15H13N3OS. The number of nitrogens with one attached hydrogen (secondary N) is 1. The molecule has 0 unspecified atom stereocenters. The Morgan fingerprint density at radius 2 is 2.40 bits per heavy atom.